The van der Waals surface area contributed by atoms with Crippen LogP contribution in [0, 0.1) is 5.92 Å². The monoisotopic (exact) mass is 357 g/mol. The van der Waals surface area contributed by atoms with E-state index in [0.717, 1.165) is 22.0 Å². The minimum atomic E-state index is 0.113. The van der Waals surface area contributed by atoms with E-state index in [0.29, 0.717) is 18.9 Å². The summed E-state index contributed by atoms with van der Waals surface area (Å²) in [4.78, 5) is 12.2. The first-order valence-electron chi connectivity index (χ1n) is 8.96. The summed E-state index contributed by atoms with van der Waals surface area (Å²) in [6, 6.07) is 15.1. The van der Waals surface area contributed by atoms with Crippen molar-refractivity contribution in [3.63, 3.8) is 0 Å². The second-order valence-electron chi connectivity index (χ2n) is 6.70. The maximum absolute atomic E-state index is 12.2. The maximum atomic E-state index is 12.2. The Bertz CT molecular complexity index is 676. The zero-order chi connectivity index (χ0) is 17.5. The van der Waals surface area contributed by atoms with Gasteiger partial charge in [-0.15, -0.1) is 0 Å². The first-order chi connectivity index (χ1) is 12.2. The Morgan fingerprint density at radius 3 is 2.36 bits per heavy atom. The Morgan fingerprint density at radius 1 is 1.00 bits per heavy atom. The van der Waals surface area contributed by atoms with Crippen molar-refractivity contribution < 1.29 is 9.53 Å². The topological polar surface area (TPSA) is 38.3 Å². The Morgan fingerprint density at radius 2 is 1.68 bits per heavy atom. The van der Waals surface area contributed by atoms with E-state index < -0.39 is 0 Å². The summed E-state index contributed by atoms with van der Waals surface area (Å²) < 4.78 is 5.76. The molecule has 1 aliphatic rings. The molecule has 25 heavy (non-hydrogen) atoms. The van der Waals surface area contributed by atoms with Crippen molar-refractivity contribution in [2.24, 2.45) is 5.92 Å². The highest BCUT2D eigenvalue weighted by Gasteiger charge is 2.17. The van der Waals surface area contributed by atoms with Gasteiger partial charge in [0.25, 0.3) is 0 Å². The lowest BCUT2D eigenvalue weighted by Gasteiger charge is -2.20. The van der Waals surface area contributed by atoms with Gasteiger partial charge in [0.2, 0.25) is 5.91 Å². The van der Waals surface area contributed by atoms with Crippen LogP contribution in [0.15, 0.2) is 48.5 Å². The molecule has 0 spiro atoms. The van der Waals surface area contributed by atoms with Crippen molar-refractivity contribution in [2.75, 3.05) is 5.32 Å². The largest absolute Gasteiger partial charge is 0.489 e. The zero-order valence-corrected chi connectivity index (χ0v) is 15.1. The fraction of sp³-hybridized carbons (Fsp3) is 0.381. The van der Waals surface area contributed by atoms with Crippen LogP contribution in [0.4, 0.5) is 5.69 Å². The molecule has 0 bridgehead atoms. The third kappa shape index (κ3) is 5.79. The first kappa shape index (κ1) is 17.8. The van der Waals surface area contributed by atoms with Crippen LogP contribution >= 0.6 is 11.6 Å². The van der Waals surface area contributed by atoms with Gasteiger partial charge in [-0.2, -0.15) is 0 Å². The van der Waals surface area contributed by atoms with Gasteiger partial charge in [0.15, 0.2) is 0 Å². The van der Waals surface area contributed by atoms with Crippen LogP contribution < -0.4 is 10.1 Å². The molecular weight excluding hydrogens is 334 g/mol. The SMILES string of the molecule is O=C(CC1CCCCC1)Nc1ccc(OCc2ccc(Cl)cc2)cc1. The number of halogens is 1. The van der Waals surface area contributed by atoms with Crippen LogP contribution in [0.1, 0.15) is 44.1 Å². The molecule has 3 nitrogen and oxygen atoms in total. The predicted octanol–water partition coefficient (Wildman–Crippen LogP) is 5.83. The number of amides is 1. The van der Waals surface area contributed by atoms with E-state index in [9.17, 15) is 4.79 Å². The number of rotatable bonds is 6. The number of ether oxygens (including phenoxy) is 1. The van der Waals surface area contributed by atoms with Crippen LogP contribution in [0.2, 0.25) is 5.02 Å². The van der Waals surface area contributed by atoms with E-state index in [-0.39, 0.29) is 5.91 Å². The minimum Gasteiger partial charge on any atom is -0.489 e. The average Bonchev–Trinajstić information content (AvgIpc) is 2.63. The maximum Gasteiger partial charge on any atom is 0.224 e. The molecular formula is C21H24ClNO2. The van der Waals surface area contributed by atoms with Gasteiger partial charge in [0, 0.05) is 17.1 Å². The van der Waals surface area contributed by atoms with Gasteiger partial charge in [-0.3, -0.25) is 4.79 Å². The smallest absolute Gasteiger partial charge is 0.224 e. The highest BCUT2D eigenvalue weighted by Crippen LogP contribution is 2.26. The summed E-state index contributed by atoms with van der Waals surface area (Å²) in [7, 11) is 0. The molecule has 1 aliphatic carbocycles. The second-order valence-corrected chi connectivity index (χ2v) is 7.13. The molecule has 1 amide bonds. The minimum absolute atomic E-state index is 0.113. The van der Waals surface area contributed by atoms with E-state index in [1.165, 1.54) is 32.1 Å². The lowest BCUT2D eigenvalue weighted by molar-refractivity contribution is -0.117. The van der Waals surface area contributed by atoms with Crippen molar-refractivity contribution >= 4 is 23.2 Å². The van der Waals surface area contributed by atoms with Crippen LogP contribution in [0.5, 0.6) is 5.75 Å². The molecule has 4 heteroatoms. The predicted molar refractivity (Wildman–Crippen MR) is 102 cm³/mol. The van der Waals surface area contributed by atoms with Crippen LogP contribution in [-0.4, -0.2) is 5.91 Å². The van der Waals surface area contributed by atoms with E-state index in [2.05, 4.69) is 5.32 Å². The van der Waals surface area contributed by atoms with Crippen LogP contribution in [0.3, 0.4) is 0 Å². The Balaban J connectivity index is 1.46. The second kappa shape index (κ2) is 8.91. The lowest BCUT2D eigenvalue weighted by atomic mass is 9.87. The molecule has 3 rings (SSSR count). The molecule has 0 aliphatic heterocycles. The molecule has 2 aromatic rings. The normalized spacial score (nSPS) is 14.9. The van der Waals surface area contributed by atoms with Gasteiger partial charge in [0.05, 0.1) is 0 Å². The number of benzene rings is 2. The quantitative estimate of drug-likeness (QED) is 0.706. The number of anilines is 1. The van der Waals surface area contributed by atoms with Gasteiger partial charge < -0.3 is 10.1 Å². The molecule has 1 fully saturated rings. The number of nitrogens with one attached hydrogen (secondary N) is 1. The van der Waals surface area contributed by atoms with Crippen LogP contribution in [0.25, 0.3) is 0 Å². The molecule has 1 N–H and O–H groups in total. The van der Waals surface area contributed by atoms with E-state index in [1.54, 1.807) is 0 Å². The third-order valence-electron chi connectivity index (χ3n) is 4.66. The third-order valence-corrected chi connectivity index (χ3v) is 4.91. The molecule has 0 saturated heterocycles. The molecule has 0 unspecified atom stereocenters. The standard InChI is InChI=1S/C21H24ClNO2/c22-18-8-6-17(7-9-18)15-25-20-12-10-19(11-13-20)23-21(24)14-16-4-2-1-3-5-16/h6-13,16H,1-5,14-15H2,(H,23,24). The van der Waals surface area contributed by atoms with Crippen molar-refractivity contribution in [2.45, 2.75) is 45.1 Å². The van der Waals surface area contributed by atoms with Crippen molar-refractivity contribution in [3.05, 3.63) is 59.1 Å². The van der Waals surface area contributed by atoms with Gasteiger partial charge in [0.1, 0.15) is 12.4 Å². The van der Waals surface area contributed by atoms with Gasteiger partial charge >= 0.3 is 0 Å². The molecule has 132 valence electrons. The molecule has 0 atom stereocenters. The van der Waals surface area contributed by atoms with Gasteiger partial charge in [-0.1, -0.05) is 43.0 Å². The summed E-state index contributed by atoms with van der Waals surface area (Å²) >= 11 is 5.87. The Kier molecular flexibility index (Phi) is 6.35. The van der Waals surface area contributed by atoms with Crippen molar-refractivity contribution in [1.82, 2.24) is 0 Å². The first-order valence-corrected chi connectivity index (χ1v) is 9.34. The number of hydrogen-bond acceptors (Lipinski definition) is 2. The number of hydrogen-bond donors (Lipinski definition) is 1. The fourth-order valence-corrected chi connectivity index (χ4v) is 3.37. The average molecular weight is 358 g/mol. The van der Waals surface area contributed by atoms with E-state index in [1.807, 2.05) is 48.5 Å². The Labute approximate surface area is 154 Å². The lowest BCUT2D eigenvalue weighted by Crippen LogP contribution is -2.18. The summed E-state index contributed by atoms with van der Waals surface area (Å²) in [5, 5.41) is 3.71. The molecule has 0 aromatic heterocycles. The molecule has 2 aromatic carbocycles. The molecule has 1 saturated carbocycles. The van der Waals surface area contributed by atoms with Gasteiger partial charge in [-0.25, -0.2) is 0 Å². The van der Waals surface area contributed by atoms with E-state index in [4.69, 9.17) is 16.3 Å². The summed E-state index contributed by atoms with van der Waals surface area (Å²) in [6.45, 7) is 0.491. The summed E-state index contributed by atoms with van der Waals surface area (Å²) in [6.07, 6.45) is 6.84. The summed E-state index contributed by atoms with van der Waals surface area (Å²) in [5.74, 6) is 1.44. The van der Waals surface area contributed by atoms with Crippen molar-refractivity contribution in [1.29, 1.82) is 0 Å². The zero-order valence-electron chi connectivity index (χ0n) is 14.3. The fourth-order valence-electron chi connectivity index (χ4n) is 3.25. The number of carbonyl (C=O) groups is 1. The van der Waals surface area contributed by atoms with Crippen molar-refractivity contribution in [3.8, 4) is 5.75 Å². The van der Waals surface area contributed by atoms with Crippen LogP contribution in [-0.2, 0) is 11.4 Å². The van der Waals surface area contributed by atoms with E-state index >= 15 is 0 Å². The highest BCUT2D eigenvalue weighted by atomic mass is 35.5. The molecule has 0 heterocycles. The Hall–Kier alpha value is -2.00. The highest BCUT2D eigenvalue weighted by molar-refractivity contribution is 6.30. The summed E-state index contributed by atoms with van der Waals surface area (Å²) in [5.41, 5.74) is 1.88. The number of carbonyl (C=O) groups excluding carboxylic acids is 1. The molecule has 0 radical (unpaired) electrons. The van der Waals surface area contributed by atoms with Gasteiger partial charge in [-0.05, 0) is 60.7 Å².